The number of nitrogens with zero attached hydrogens (tertiary/aromatic N) is 2. The van der Waals surface area contributed by atoms with Crippen molar-refractivity contribution in [3.8, 4) is 0 Å². The minimum Gasteiger partial charge on any atom is -0.382 e. The van der Waals surface area contributed by atoms with Gasteiger partial charge in [0.2, 0.25) is 5.91 Å². The fourth-order valence-electron chi connectivity index (χ4n) is 2.07. The van der Waals surface area contributed by atoms with Gasteiger partial charge in [-0.05, 0) is 30.2 Å². The number of carbonyl (C=O) groups is 1. The van der Waals surface area contributed by atoms with Crippen LogP contribution in [0.5, 0.6) is 0 Å². The van der Waals surface area contributed by atoms with Crippen molar-refractivity contribution in [3.05, 3.63) is 59.1 Å². The molecule has 2 aromatic heterocycles. The van der Waals surface area contributed by atoms with Gasteiger partial charge in [0.05, 0.1) is 18.3 Å². The van der Waals surface area contributed by atoms with Crippen LogP contribution in [0.4, 0.5) is 0 Å². The van der Waals surface area contributed by atoms with Crippen molar-refractivity contribution in [2.45, 2.75) is 18.9 Å². The van der Waals surface area contributed by atoms with Gasteiger partial charge < -0.3 is 10.1 Å². The molecule has 0 saturated carbocycles. The van der Waals surface area contributed by atoms with Gasteiger partial charge >= 0.3 is 0 Å². The van der Waals surface area contributed by atoms with Crippen LogP contribution in [-0.4, -0.2) is 29.6 Å². The highest BCUT2D eigenvalue weighted by Crippen LogP contribution is 2.14. The van der Waals surface area contributed by atoms with Gasteiger partial charge in [-0.15, -0.1) is 0 Å². The van der Waals surface area contributed by atoms with E-state index in [1.807, 2.05) is 24.3 Å². The van der Waals surface area contributed by atoms with E-state index in [9.17, 15) is 4.79 Å². The Morgan fingerprint density at radius 3 is 2.77 bits per heavy atom. The second kappa shape index (κ2) is 8.46. The first kappa shape index (κ1) is 16.4. The van der Waals surface area contributed by atoms with E-state index < -0.39 is 0 Å². The van der Waals surface area contributed by atoms with Crippen molar-refractivity contribution in [1.29, 1.82) is 0 Å². The van der Waals surface area contributed by atoms with Crippen LogP contribution < -0.4 is 5.32 Å². The molecule has 6 heteroatoms. The van der Waals surface area contributed by atoms with E-state index in [2.05, 4.69) is 15.3 Å². The first-order valence-electron chi connectivity index (χ1n) is 6.99. The lowest BCUT2D eigenvalue weighted by atomic mass is 10.1. The van der Waals surface area contributed by atoms with Gasteiger partial charge in [-0.2, -0.15) is 0 Å². The molecule has 0 fully saturated rings. The summed E-state index contributed by atoms with van der Waals surface area (Å²) in [6, 6.07) is 8.99. The molecule has 2 heterocycles. The zero-order chi connectivity index (χ0) is 15.8. The van der Waals surface area contributed by atoms with Crippen molar-refractivity contribution in [3.63, 3.8) is 0 Å². The average Bonchev–Trinajstić information content (AvgIpc) is 2.54. The van der Waals surface area contributed by atoms with Crippen molar-refractivity contribution in [2.75, 3.05) is 13.7 Å². The third kappa shape index (κ3) is 4.79. The van der Waals surface area contributed by atoms with E-state index in [0.717, 1.165) is 11.3 Å². The van der Waals surface area contributed by atoms with Gasteiger partial charge in [0.25, 0.3) is 0 Å². The topological polar surface area (TPSA) is 64.1 Å². The zero-order valence-electron chi connectivity index (χ0n) is 12.3. The molecule has 0 aliphatic carbocycles. The van der Waals surface area contributed by atoms with Crippen LogP contribution in [0.15, 0.2) is 42.7 Å². The lowest BCUT2D eigenvalue weighted by Crippen LogP contribution is -2.32. The number of halogens is 1. The molecule has 1 N–H and O–H groups in total. The Morgan fingerprint density at radius 2 is 2.09 bits per heavy atom. The number of nitrogens with one attached hydrogen (secondary N) is 1. The second-order valence-electron chi connectivity index (χ2n) is 4.78. The fourth-order valence-corrected chi connectivity index (χ4v) is 2.28. The summed E-state index contributed by atoms with van der Waals surface area (Å²) in [5.41, 5.74) is 1.64. The number of methoxy groups -OCH3 is 1. The molecule has 2 aromatic rings. The number of rotatable bonds is 7. The van der Waals surface area contributed by atoms with E-state index in [1.165, 1.54) is 0 Å². The minimum absolute atomic E-state index is 0.0763. The highest BCUT2D eigenvalue weighted by molar-refractivity contribution is 6.30. The Balaban J connectivity index is 1.93. The third-order valence-electron chi connectivity index (χ3n) is 3.17. The van der Waals surface area contributed by atoms with E-state index >= 15 is 0 Å². The highest BCUT2D eigenvalue weighted by Gasteiger charge is 2.15. The summed E-state index contributed by atoms with van der Waals surface area (Å²) in [4.78, 5) is 20.4. The molecule has 0 spiro atoms. The minimum atomic E-state index is -0.261. The summed E-state index contributed by atoms with van der Waals surface area (Å²) in [6.45, 7) is 0.371. The average molecular weight is 320 g/mol. The van der Waals surface area contributed by atoms with Crippen LogP contribution in [0.3, 0.4) is 0 Å². The molecule has 1 amide bonds. The molecule has 0 saturated heterocycles. The lowest BCUT2D eigenvalue weighted by Gasteiger charge is -2.17. The Kier molecular flexibility index (Phi) is 6.30. The fraction of sp³-hybridized carbons (Fsp3) is 0.312. The Labute approximate surface area is 134 Å². The number of aromatic nitrogens is 2. The number of pyridine rings is 2. The number of aryl methyl sites for hydroxylation is 1. The maximum atomic E-state index is 12.1. The maximum Gasteiger partial charge on any atom is 0.220 e. The summed E-state index contributed by atoms with van der Waals surface area (Å²) in [6.07, 6.45) is 4.19. The molecule has 0 aliphatic rings. The monoisotopic (exact) mass is 319 g/mol. The van der Waals surface area contributed by atoms with Crippen LogP contribution in [0.1, 0.15) is 23.7 Å². The van der Waals surface area contributed by atoms with E-state index in [4.69, 9.17) is 16.3 Å². The molecular weight excluding hydrogens is 302 g/mol. The summed E-state index contributed by atoms with van der Waals surface area (Å²) < 4.78 is 5.16. The highest BCUT2D eigenvalue weighted by atomic mass is 35.5. The second-order valence-corrected chi connectivity index (χ2v) is 5.14. The van der Waals surface area contributed by atoms with Gasteiger partial charge in [0.1, 0.15) is 5.15 Å². The van der Waals surface area contributed by atoms with Gasteiger partial charge in [0, 0.05) is 25.9 Å². The number of amides is 1. The molecule has 0 radical (unpaired) electrons. The summed E-state index contributed by atoms with van der Waals surface area (Å²) >= 11 is 5.99. The smallest absolute Gasteiger partial charge is 0.220 e. The molecule has 2 rings (SSSR count). The van der Waals surface area contributed by atoms with E-state index in [-0.39, 0.29) is 11.9 Å². The third-order valence-corrected chi connectivity index (χ3v) is 3.51. The van der Waals surface area contributed by atoms with Crippen LogP contribution in [0, 0.1) is 0 Å². The van der Waals surface area contributed by atoms with Crippen LogP contribution in [0.25, 0.3) is 0 Å². The quantitative estimate of drug-likeness (QED) is 0.797. The number of carbonyl (C=O) groups excluding carboxylic acids is 1. The predicted octanol–water partition coefficient (Wildman–Crippen LogP) is 2.57. The molecule has 1 unspecified atom stereocenters. The van der Waals surface area contributed by atoms with Crippen molar-refractivity contribution >= 4 is 17.5 Å². The van der Waals surface area contributed by atoms with Gasteiger partial charge in [-0.25, -0.2) is 4.98 Å². The largest absolute Gasteiger partial charge is 0.382 e. The molecule has 22 heavy (non-hydrogen) atoms. The Bertz CT molecular complexity index is 607. The first-order chi connectivity index (χ1) is 10.7. The molecule has 0 aromatic carbocycles. The molecular formula is C16H18ClN3O2. The van der Waals surface area contributed by atoms with Crippen molar-refractivity contribution in [1.82, 2.24) is 15.3 Å². The van der Waals surface area contributed by atoms with E-state index in [0.29, 0.717) is 24.6 Å². The van der Waals surface area contributed by atoms with Crippen molar-refractivity contribution < 1.29 is 9.53 Å². The normalized spacial score (nSPS) is 11.9. The number of hydrogen-bond acceptors (Lipinski definition) is 4. The van der Waals surface area contributed by atoms with Crippen LogP contribution in [0.2, 0.25) is 5.15 Å². The summed E-state index contributed by atoms with van der Waals surface area (Å²) in [5.74, 6) is -0.0763. The van der Waals surface area contributed by atoms with Gasteiger partial charge in [0.15, 0.2) is 0 Å². The molecule has 5 nitrogen and oxygen atoms in total. The summed E-state index contributed by atoms with van der Waals surface area (Å²) in [7, 11) is 1.59. The van der Waals surface area contributed by atoms with Crippen LogP contribution >= 0.6 is 11.6 Å². The molecule has 116 valence electrons. The number of ether oxygens (including phenoxy) is 1. The zero-order valence-corrected chi connectivity index (χ0v) is 13.1. The summed E-state index contributed by atoms with van der Waals surface area (Å²) in [5, 5.41) is 3.37. The maximum absolute atomic E-state index is 12.1. The van der Waals surface area contributed by atoms with Crippen molar-refractivity contribution in [2.24, 2.45) is 0 Å². The Morgan fingerprint density at radius 1 is 1.27 bits per heavy atom. The predicted molar refractivity (Wildman–Crippen MR) is 84.6 cm³/mol. The van der Waals surface area contributed by atoms with E-state index in [1.54, 1.807) is 25.6 Å². The Hall–Kier alpha value is -1.98. The van der Waals surface area contributed by atoms with Gasteiger partial charge in [-0.3, -0.25) is 9.78 Å². The standard InChI is InChI=1S/C16H18ClN3O2/c1-22-11-14(13-6-2-3-9-18-13)20-15(21)8-7-12-5-4-10-19-16(12)17/h2-6,9-10,14H,7-8,11H2,1H3,(H,20,21). The van der Waals surface area contributed by atoms with Crippen LogP contribution in [-0.2, 0) is 16.0 Å². The lowest BCUT2D eigenvalue weighted by molar-refractivity contribution is -0.122. The first-order valence-corrected chi connectivity index (χ1v) is 7.37. The molecule has 0 bridgehead atoms. The number of hydrogen-bond donors (Lipinski definition) is 1. The SMILES string of the molecule is COCC(NC(=O)CCc1cccnc1Cl)c1ccccn1. The molecule has 1 atom stereocenters. The molecule has 0 aliphatic heterocycles. The van der Waals surface area contributed by atoms with Gasteiger partial charge in [-0.1, -0.05) is 23.7 Å².